The summed E-state index contributed by atoms with van der Waals surface area (Å²) in [6.45, 7) is 0. The molecule has 0 aromatic heterocycles. The van der Waals surface area contributed by atoms with E-state index < -0.39 is 5.97 Å². The molecule has 0 aliphatic heterocycles. The third-order valence-corrected chi connectivity index (χ3v) is 2.75. The lowest BCUT2D eigenvalue weighted by Crippen LogP contribution is -2.21. The molecule has 0 bridgehead atoms. The van der Waals surface area contributed by atoms with Crippen molar-refractivity contribution in [2.24, 2.45) is 0 Å². The van der Waals surface area contributed by atoms with Crippen molar-refractivity contribution in [1.29, 1.82) is 0 Å². The molecule has 70 valence electrons. The molecule has 0 unspecified atom stereocenters. The minimum atomic E-state index is -1.15. The van der Waals surface area contributed by atoms with Crippen LogP contribution >= 0.6 is 15.9 Å². The highest BCUT2D eigenvalue weighted by molar-refractivity contribution is 9.10. The molecule has 0 N–H and O–H groups in total. The average molecular weight is 250 g/mol. The van der Waals surface area contributed by atoms with Crippen LogP contribution in [0.1, 0.15) is 10.4 Å². The summed E-state index contributed by atoms with van der Waals surface area (Å²) in [5.74, 6) is -1.15. The smallest absolute Gasteiger partial charge is 0.0715 e. The monoisotopic (exact) mass is 249 g/mol. The first-order valence-electron chi connectivity index (χ1n) is 4.08. The van der Waals surface area contributed by atoms with E-state index in [1.807, 2.05) is 18.2 Å². The van der Waals surface area contributed by atoms with Crippen LogP contribution in [0.15, 0.2) is 40.9 Å². The van der Waals surface area contributed by atoms with Crippen molar-refractivity contribution in [2.75, 3.05) is 0 Å². The number of aromatic carboxylic acids is 1. The molecule has 0 fully saturated rings. The number of carbonyl (C=O) groups excluding carboxylic acids is 1. The largest absolute Gasteiger partial charge is 0.545 e. The van der Waals surface area contributed by atoms with E-state index in [0.717, 1.165) is 15.2 Å². The number of fused-ring (bicyclic) bond motifs is 1. The summed E-state index contributed by atoms with van der Waals surface area (Å²) in [6.07, 6.45) is 0. The lowest BCUT2D eigenvalue weighted by atomic mass is 10.1. The molecule has 0 radical (unpaired) electrons. The zero-order valence-corrected chi connectivity index (χ0v) is 8.74. The normalized spacial score (nSPS) is 10.4. The highest BCUT2D eigenvalue weighted by Crippen LogP contribution is 2.24. The van der Waals surface area contributed by atoms with Gasteiger partial charge in [0.1, 0.15) is 0 Å². The number of rotatable bonds is 1. The van der Waals surface area contributed by atoms with Gasteiger partial charge < -0.3 is 9.90 Å². The summed E-state index contributed by atoms with van der Waals surface area (Å²) < 4.78 is 0.958. The third kappa shape index (κ3) is 1.51. The Balaban J connectivity index is 2.73. The molecule has 14 heavy (non-hydrogen) atoms. The lowest BCUT2D eigenvalue weighted by molar-refractivity contribution is -0.255. The van der Waals surface area contributed by atoms with Crippen LogP contribution in [-0.4, -0.2) is 5.97 Å². The van der Waals surface area contributed by atoms with Gasteiger partial charge >= 0.3 is 0 Å². The lowest BCUT2D eigenvalue weighted by Gasteiger charge is -2.05. The summed E-state index contributed by atoms with van der Waals surface area (Å²) in [4.78, 5) is 10.6. The second-order valence-electron chi connectivity index (χ2n) is 2.96. The second-order valence-corrected chi connectivity index (χ2v) is 3.82. The molecule has 0 spiro atoms. The fraction of sp³-hybridized carbons (Fsp3) is 0. The van der Waals surface area contributed by atoms with Crippen LogP contribution in [0.4, 0.5) is 0 Å². The SMILES string of the molecule is O=C([O-])c1ccc2c(Br)cccc2c1. The first-order valence-corrected chi connectivity index (χ1v) is 4.87. The van der Waals surface area contributed by atoms with Crippen molar-refractivity contribution in [3.05, 3.63) is 46.4 Å². The summed E-state index contributed by atoms with van der Waals surface area (Å²) in [5.41, 5.74) is 0.204. The molecule has 0 amide bonds. The van der Waals surface area contributed by atoms with Crippen molar-refractivity contribution in [1.82, 2.24) is 0 Å². The van der Waals surface area contributed by atoms with Gasteiger partial charge in [0.05, 0.1) is 5.97 Å². The van der Waals surface area contributed by atoms with Gasteiger partial charge in [-0.3, -0.25) is 0 Å². The fourth-order valence-corrected chi connectivity index (χ4v) is 1.88. The van der Waals surface area contributed by atoms with Gasteiger partial charge in [0.25, 0.3) is 0 Å². The number of carboxylic acids is 1. The molecule has 2 nitrogen and oxygen atoms in total. The molecule has 2 aromatic rings. The molecule has 0 saturated heterocycles. The molecular weight excluding hydrogens is 244 g/mol. The van der Waals surface area contributed by atoms with Crippen LogP contribution < -0.4 is 5.11 Å². The van der Waals surface area contributed by atoms with E-state index in [0.29, 0.717) is 0 Å². The maximum absolute atomic E-state index is 10.6. The topological polar surface area (TPSA) is 40.1 Å². The fourth-order valence-electron chi connectivity index (χ4n) is 1.37. The highest BCUT2D eigenvalue weighted by Gasteiger charge is 1.99. The molecule has 3 heteroatoms. The Kier molecular flexibility index (Phi) is 2.25. The van der Waals surface area contributed by atoms with Gasteiger partial charge in [-0.15, -0.1) is 0 Å². The van der Waals surface area contributed by atoms with Gasteiger partial charge in [-0.25, -0.2) is 0 Å². The van der Waals surface area contributed by atoms with E-state index in [1.54, 1.807) is 18.2 Å². The van der Waals surface area contributed by atoms with Crippen LogP contribution in [0.3, 0.4) is 0 Å². The van der Waals surface area contributed by atoms with E-state index in [9.17, 15) is 9.90 Å². The van der Waals surface area contributed by atoms with Crippen molar-refractivity contribution in [3.8, 4) is 0 Å². The zero-order chi connectivity index (χ0) is 10.1. The Morgan fingerprint density at radius 1 is 1.21 bits per heavy atom. The van der Waals surface area contributed by atoms with Crippen LogP contribution in [-0.2, 0) is 0 Å². The van der Waals surface area contributed by atoms with Crippen LogP contribution in [0.25, 0.3) is 10.8 Å². The van der Waals surface area contributed by atoms with Crippen molar-refractivity contribution in [2.45, 2.75) is 0 Å². The Labute approximate surface area is 89.3 Å². The molecular formula is C11H6BrO2-. The maximum Gasteiger partial charge on any atom is 0.0715 e. The Morgan fingerprint density at radius 2 is 2.00 bits per heavy atom. The van der Waals surface area contributed by atoms with Crippen LogP contribution in [0.2, 0.25) is 0 Å². The van der Waals surface area contributed by atoms with E-state index in [2.05, 4.69) is 15.9 Å². The number of carbonyl (C=O) groups is 1. The van der Waals surface area contributed by atoms with Crippen LogP contribution in [0, 0.1) is 0 Å². The Morgan fingerprint density at radius 3 is 2.71 bits per heavy atom. The molecule has 0 aliphatic carbocycles. The zero-order valence-electron chi connectivity index (χ0n) is 7.16. The van der Waals surface area contributed by atoms with E-state index in [-0.39, 0.29) is 5.56 Å². The first kappa shape index (κ1) is 9.21. The molecule has 0 saturated carbocycles. The minimum absolute atomic E-state index is 0.204. The van der Waals surface area contributed by atoms with Crippen molar-refractivity contribution < 1.29 is 9.90 Å². The van der Waals surface area contributed by atoms with Crippen LogP contribution in [0.5, 0.6) is 0 Å². The molecule has 0 aliphatic rings. The predicted octanol–water partition coefficient (Wildman–Crippen LogP) is 1.97. The van der Waals surface area contributed by atoms with Gasteiger partial charge in [-0.05, 0) is 28.5 Å². The van der Waals surface area contributed by atoms with Crippen molar-refractivity contribution in [3.63, 3.8) is 0 Å². The standard InChI is InChI=1S/C11H7BrO2/c12-10-3-1-2-7-6-8(11(13)14)4-5-9(7)10/h1-6H,(H,13,14)/p-1. The van der Waals surface area contributed by atoms with E-state index >= 15 is 0 Å². The Bertz CT molecular complexity index is 506. The molecule has 0 heterocycles. The van der Waals surface area contributed by atoms with Crippen molar-refractivity contribution >= 4 is 32.7 Å². The molecule has 0 atom stereocenters. The Hall–Kier alpha value is -1.35. The van der Waals surface area contributed by atoms with Gasteiger partial charge in [0.15, 0.2) is 0 Å². The number of halogens is 1. The number of benzene rings is 2. The average Bonchev–Trinajstić information content (AvgIpc) is 2.17. The number of hydrogen-bond acceptors (Lipinski definition) is 2. The third-order valence-electron chi connectivity index (χ3n) is 2.06. The summed E-state index contributed by atoms with van der Waals surface area (Å²) in [5, 5.41) is 12.5. The minimum Gasteiger partial charge on any atom is -0.545 e. The van der Waals surface area contributed by atoms with Gasteiger partial charge in [-0.2, -0.15) is 0 Å². The summed E-state index contributed by atoms with van der Waals surface area (Å²) in [6, 6.07) is 10.6. The second kappa shape index (κ2) is 3.42. The summed E-state index contributed by atoms with van der Waals surface area (Å²) in [7, 11) is 0. The number of hydrogen-bond donors (Lipinski definition) is 0. The quantitative estimate of drug-likeness (QED) is 0.776. The summed E-state index contributed by atoms with van der Waals surface area (Å²) >= 11 is 3.40. The van der Waals surface area contributed by atoms with E-state index in [4.69, 9.17) is 0 Å². The molecule has 2 aromatic carbocycles. The van der Waals surface area contributed by atoms with Gasteiger partial charge in [0, 0.05) is 4.47 Å². The van der Waals surface area contributed by atoms with Gasteiger partial charge in [0.2, 0.25) is 0 Å². The molecule has 2 rings (SSSR count). The van der Waals surface area contributed by atoms with E-state index in [1.165, 1.54) is 0 Å². The maximum atomic E-state index is 10.6. The predicted molar refractivity (Wildman–Crippen MR) is 56.0 cm³/mol. The number of carboxylic acid groups (broad SMARTS) is 1. The van der Waals surface area contributed by atoms with Gasteiger partial charge in [-0.1, -0.05) is 40.2 Å². The first-order chi connectivity index (χ1) is 6.68. The highest BCUT2D eigenvalue weighted by atomic mass is 79.9.